The van der Waals surface area contributed by atoms with E-state index in [1.807, 2.05) is 12.1 Å². The van der Waals surface area contributed by atoms with Crippen molar-refractivity contribution in [1.29, 1.82) is 0 Å². The van der Waals surface area contributed by atoms with E-state index in [4.69, 9.17) is 4.74 Å². The van der Waals surface area contributed by atoms with Crippen LogP contribution in [0.4, 0.5) is 5.69 Å². The molecule has 3 rings (SSSR count). The number of rotatable bonds is 4. The summed E-state index contributed by atoms with van der Waals surface area (Å²) in [4.78, 5) is 5.02. The molecule has 0 aromatic heterocycles. The number of ether oxygens (including phenoxy) is 1. The molecule has 1 fully saturated rings. The fourth-order valence-corrected chi connectivity index (χ4v) is 3.05. The smallest absolute Gasteiger partial charge is 0.118 e. The van der Waals surface area contributed by atoms with E-state index in [-0.39, 0.29) is 0 Å². The first kappa shape index (κ1) is 14.9. The minimum Gasteiger partial charge on any atom is -0.497 e. The van der Waals surface area contributed by atoms with Crippen molar-refractivity contribution in [2.24, 2.45) is 0 Å². The van der Waals surface area contributed by atoms with Crippen LogP contribution in [0, 0.1) is 6.92 Å². The highest BCUT2D eigenvalue weighted by Crippen LogP contribution is 2.21. The number of hydrogen-bond acceptors (Lipinski definition) is 3. The highest BCUT2D eigenvalue weighted by atomic mass is 16.5. The van der Waals surface area contributed by atoms with Gasteiger partial charge in [0.25, 0.3) is 0 Å². The number of piperazine rings is 1. The number of methoxy groups -OCH3 is 1. The first-order valence-corrected chi connectivity index (χ1v) is 7.92. The first-order chi connectivity index (χ1) is 10.8. The van der Waals surface area contributed by atoms with Gasteiger partial charge in [0.05, 0.1) is 7.11 Å². The van der Waals surface area contributed by atoms with Crippen molar-refractivity contribution in [2.75, 3.05) is 38.2 Å². The Labute approximate surface area is 133 Å². The first-order valence-electron chi connectivity index (χ1n) is 7.92. The average Bonchev–Trinajstić information content (AvgIpc) is 2.57. The molecule has 3 heteroatoms. The van der Waals surface area contributed by atoms with Crippen molar-refractivity contribution in [1.82, 2.24) is 4.90 Å². The summed E-state index contributed by atoms with van der Waals surface area (Å²) in [6, 6.07) is 17.1. The molecule has 1 heterocycles. The van der Waals surface area contributed by atoms with E-state index in [2.05, 4.69) is 53.1 Å². The molecule has 22 heavy (non-hydrogen) atoms. The number of hydrogen-bond donors (Lipinski definition) is 0. The fraction of sp³-hybridized carbons (Fsp3) is 0.368. The van der Waals surface area contributed by atoms with E-state index in [0.29, 0.717) is 0 Å². The van der Waals surface area contributed by atoms with E-state index >= 15 is 0 Å². The molecule has 116 valence electrons. The summed E-state index contributed by atoms with van der Waals surface area (Å²) in [5.41, 5.74) is 4.10. The van der Waals surface area contributed by atoms with Crippen molar-refractivity contribution in [2.45, 2.75) is 13.5 Å². The molecule has 2 aromatic rings. The van der Waals surface area contributed by atoms with Gasteiger partial charge in [0.15, 0.2) is 0 Å². The van der Waals surface area contributed by atoms with Crippen LogP contribution in [0.5, 0.6) is 5.75 Å². The second-order valence-corrected chi connectivity index (χ2v) is 5.90. The van der Waals surface area contributed by atoms with Crippen molar-refractivity contribution >= 4 is 5.69 Å². The fourth-order valence-electron chi connectivity index (χ4n) is 3.05. The van der Waals surface area contributed by atoms with E-state index in [0.717, 1.165) is 38.5 Å². The summed E-state index contributed by atoms with van der Waals surface area (Å²) in [6.45, 7) is 7.63. The Kier molecular flexibility index (Phi) is 4.64. The molecule has 0 aliphatic carbocycles. The highest BCUT2D eigenvalue weighted by molar-refractivity contribution is 5.53. The second-order valence-electron chi connectivity index (χ2n) is 5.90. The third-order valence-corrected chi connectivity index (χ3v) is 4.39. The lowest BCUT2D eigenvalue weighted by Crippen LogP contribution is -2.46. The molecule has 1 aliphatic heterocycles. The number of benzene rings is 2. The number of anilines is 1. The standard InChI is InChI=1S/C19H24N2O/c1-16-5-3-4-6-19(16)21-13-11-20(12-14-21)15-17-7-9-18(22-2)10-8-17/h3-10H,11-15H2,1-2H3. The molecule has 0 bridgehead atoms. The SMILES string of the molecule is COc1ccc(CN2CCN(c3ccccc3C)CC2)cc1. The van der Waals surface area contributed by atoms with Crippen LogP contribution >= 0.6 is 0 Å². The topological polar surface area (TPSA) is 15.7 Å². The van der Waals surface area contributed by atoms with E-state index in [1.54, 1.807) is 7.11 Å². The van der Waals surface area contributed by atoms with Crippen molar-refractivity contribution in [3.63, 3.8) is 0 Å². The minimum absolute atomic E-state index is 0.924. The summed E-state index contributed by atoms with van der Waals surface area (Å²) in [5, 5.41) is 0. The van der Waals surface area contributed by atoms with Gasteiger partial charge in [0.1, 0.15) is 5.75 Å². The van der Waals surface area contributed by atoms with Crippen LogP contribution in [0.15, 0.2) is 48.5 Å². The molecular weight excluding hydrogens is 272 g/mol. The van der Waals surface area contributed by atoms with Gasteiger partial charge in [-0.1, -0.05) is 30.3 Å². The van der Waals surface area contributed by atoms with Crippen molar-refractivity contribution < 1.29 is 4.74 Å². The molecule has 0 saturated carbocycles. The van der Waals surface area contributed by atoms with Gasteiger partial charge in [-0.2, -0.15) is 0 Å². The molecule has 1 saturated heterocycles. The highest BCUT2D eigenvalue weighted by Gasteiger charge is 2.18. The lowest BCUT2D eigenvalue weighted by Gasteiger charge is -2.36. The van der Waals surface area contributed by atoms with Crippen molar-refractivity contribution in [3.8, 4) is 5.75 Å². The minimum atomic E-state index is 0.924. The van der Waals surface area contributed by atoms with E-state index in [9.17, 15) is 0 Å². The van der Waals surface area contributed by atoms with Gasteiger partial charge in [-0.3, -0.25) is 4.90 Å². The normalized spacial score (nSPS) is 15.8. The molecule has 0 unspecified atom stereocenters. The molecule has 2 aromatic carbocycles. The Balaban J connectivity index is 1.56. The predicted octanol–water partition coefficient (Wildman–Crippen LogP) is 3.33. The van der Waals surface area contributed by atoms with E-state index < -0.39 is 0 Å². The molecule has 3 nitrogen and oxygen atoms in total. The second kappa shape index (κ2) is 6.84. The number of para-hydroxylation sites is 1. The zero-order valence-electron chi connectivity index (χ0n) is 13.5. The Morgan fingerprint density at radius 1 is 0.909 bits per heavy atom. The molecule has 1 aliphatic rings. The Morgan fingerprint density at radius 3 is 2.23 bits per heavy atom. The Hall–Kier alpha value is -2.00. The van der Waals surface area contributed by atoms with Gasteiger partial charge in [0, 0.05) is 38.4 Å². The predicted molar refractivity (Wildman–Crippen MR) is 91.7 cm³/mol. The largest absolute Gasteiger partial charge is 0.497 e. The number of aryl methyl sites for hydroxylation is 1. The van der Waals surface area contributed by atoms with Crippen LogP contribution in [0.1, 0.15) is 11.1 Å². The molecule has 0 atom stereocenters. The molecule has 0 radical (unpaired) electrons. The monoisotopic (exact) mass is 296 g/mol. The molecule has 0 amide bonds. The molecular formula is C19H24N2O. The maximum Gasteiger partial charge on any atom is 0.118 e. The summed E-state index contributed by atoms with van der Waals surface area (Å²) in [5.74, 6) is 0.924. The van der Waals surface area contributed by atoms with Crippen LogP contribution in [0.2, 0.25) is 0 Å². The summed E-state index contributed by atoms with van der Waals surface area (Å²) >= 11 is 0. The van der Waals surface area contributed by atoms with Crippen LogP contribution < -0.4 is 9.64 Å². The zero-order valence-corrected chi connectivity index (χ0v) is 13.5. The van der Waals surface area contributed by atoms with Crippen LogP contribution in [0.3, 0.4) is 0 Å². The van der Waals surface area contributed by atoms with Crippen molar-refractivity contribution in [3.05, 3.63) is 59.7 Å². The maximum atomic E-state index is 5.21. The zero-order chi connectivity index (χ0) is 15.4. The Bertz CT molecular complexity index is 601. The van der Waals surface area contributed by atoms with Crippen LogP contribution in [0.25, 0.3) is 0 Å². The molecule has 0 N–H and O–H groups in total. The third-order valence-electron chi connectivity index (χ3n) is 4.39. The number of nitrogens with zero attached hydrogens (tertiary/aromatic N) is 2. The van der Waals surface area contributed by atoms with Gasteiger partial charge in [-0.05, 0) is 36.2 Å². The lowest BCUT2D eigenvalue weighted by atomic mass is 10.1. The van der Waals surface area contributed by atoms with Gasteiger partial charge in [-0.25, -0.2) is 0 Å². The summed E-state index contributed by atoms with van der Waals surface area (Å²) in [6.07, 6.45) is 0. The van der Waals surface area contributed by atoms with Gasteiger partial charge in [-0.15, -0.1) is 0 Å². The maximum absolute atomic E-state index is 5.21. The van der Waals surface area contributed by atoms with Crippen LogP contribution in [-0.2, 0) is 6.54 Å². The summed E-state index contributed by atoms with van der Waals surface area (Å²) in [7, 11) is 1.71. The third kappa shape index (κ3) is 3.42. The van der Waals surface area contributed by atoms with E-state index in [1.165, 1.54) is 16.8 Å². The summed E-state index contributed by atoms with van der Waals surface area (Å²) < 4.78 is 5.21. The van der Waals surface area contributed by atoms with Gasteiger partial charge >= 0.3 is 0 Å². The van der Waals surface area contributed by atoms with Gasteiger partial charge < -0.3 is 9.64 Å². The Morgan fingerprint density at radius 2 is 1.59 bits per heavy atom. The average molecular weight is 296 g/mol. The van der Waals surface area contributed by atoms with Crippen LogP contribution in [-0.4, -0.2) is 38.2 Å². The molecule has 0 spiro atoms. The quantitative estimate of drug-likeness (QED) is 0.861. The van der Waals surface area contributed by atoms with Gasteiger partial charge in [0.2, 0.25) is 0 Å². The lowest BCUT2D eigenvalue weighted by molar-refractivity contribution is 0.249.